The highest BCUT2D eigenvalue weighted by molar-refractivity contribution is 5.85. The quantitative estimate of drug-likeness (QED) is 0.865. The highest BCUT2D eigenvalue weighted by Crippen LogP contribution is 2.23. The fourth-order valence-electron chi connectivity index (χ4n) is 2.41. The van der Waals surface area contributed by atoms with Crippen molar-refractivity contribution in [1.82, 2.24) is 14.7 Å². The van der Waals surface area contributed by atoms with Gasteiger partial charge in [-0.15, -0.1) is 12.4 Å². The Labute approximate surface area is 120 Å². The number of aryl methyl sites for hydroxylation is 2. The van der Waals surface area contributed by atoms with Gasteiger partial charge in [-0.1, -0.05) is 0 Å². The zero-order chi connectivity index (χ0) is 13.1. The first kappa shape index (κ1) is 16.2. The molecule has 110 valence electrons. The number of nitrogens with zero attached hydrogens (tertiary/aromatic N) is 3. The molecule has 0 saturated carbocycles. The van der Waals surface area contributed by atoms with Gasteiger partial charge < -0.3 is 15.2 Å². The third-order valence-electron chi connectivity index (χ3n) is 3.35. The molecule has 0 radical (unpaired) electrons. The molecule has 7 heteroatoms. The number of hydrogen-bond donors (Lipinski definition) is 1. The third-order valence-corrected chi connectivity index (χ3v) is 3.35. The maximum absolute atomic E-state index is 5.66. The standard InChI is InChI=1S/C12H22N4O2.ClH/c1-9-11(12(17-3)15(2)14-9)8-16-4-5-18-10(6-13)7-16;/h10H,4-8,13H2,1-3H3;1H. The molecule has 0 aromatic carbocycles. The molecule has 0 amide bonds. The average Bonchev–Trinajstić information content (AvgIpc) is 2.64. The Morgan fingerprint density at radius 3 is 2.89 bits per heavy atom. The van der Waals surface area contributed by atoms with Crippen LogP contribution in [0.2, 0.25) is 0 Å². The van der Waals surface area contributed by atoms with Crippen LogP contribution < -0.4 is 10.5 Å². The smallest absolute Gasteiger partial charge is 0.216 e. The molecular weight excluding hydrogens is 268 g/mol. The van der Waals surface area contributed by atoms with E-state index in [1.54, 1.807) is 11.8 Å². The molecule has 1 fully saturated rings. The highest BCUT2D eigenvalue weighted by atomic mass is 35.5. The fourth-order valence-corrected chi connectivity index (χ4v) is 2.41. The third kappa shape index (κ3) is 3.60. The molecule has 1 aromatic rings. The molecule has 1 unspecified atom stereocenters. The van der Waals surface area contributed by atoms with Crippen LogP contribution in [0.3, 0.4) is 0 Å². The molecule has 1 saturated heterocycles. The Balaban J connectivity index is 0.00000180. The first-order valence-electron chi connectivity index (χ1n) is 6.26. The first-order valence-corrected chi connectivity index (χ1v) is 6.26. The molecule has 1 aliphatic rings. The van der Waals surface area contributed by atoms with Gasteiger partial charge in [0.2, 0.25) is 5.88 Å². The van der Waals surface area contributed by atoms with Gasteiger partial charge in [0.15, 0.2) is 0 Å². The van der Waals surface area contributed by atoms with Crippen LogP contribution in [0, 0.1) is 6.92 Å². The Kier molecular flexibility index (Phi) is 6.06. The summed E-state index contributed by atoms with van der Waals surface area (Å²) in [5.74, 6) is 0.836. The fraction of sp³-hybridized carbons (Fsp3) is 0.750. The molecule has 2 heterocycles. The Bertz CT molecular complexity index is 411. The minimum absolute atomic E-state index is 0. The van der Waals surface area contributed by atoms with Crippen LogP contribution in [0.5, 0.6) is 5.88 Å². The van der Waals surface area contributed by atoms with Crippen LogP contribution in [-0.4, -0.2) is 54.1 Å². The highest BCUT2D eigenvalue weighted by Gasteiger charge is 2.22. The Morgan fingerprint density at radius 2 is 2.26 bits per heavy atom. The lowest BCUT2D eigenvalue weighted by Crippen LogP contribution is -2.45. The summed E-state index contributed by atoms with van der Waals surface area (Å²) in [6.07, 6.45) is 0.140. The van der Waals surface area contributed by atoms with E-state index >= 15 is 0 Å². The molecule has 6 nitrogen and oxygen atoms in total. The lowest BCUT2D eigenvalue weighted by atomic mass is 10.2. The minimum Gasteiger partial charge on any atom is -0.481 e. The second kappa shape index (κ2) is 7.09. The van der Waals surface area contributed by atoms with Gasteiger partial charge in [0, 0.05) is 33.2 Å². The Morgan fingerprint density at radius 1 is 1.53 bits per heavy atom. The van der Waals surface area contributed by atoms with Crippen molar-refractivity contribution < 1.29 is 9.47 Å². The summed E-state index contributed by atoms with van der Waals surface area (Å²) in [6.45, 7) is 5.95. The normalized spacial score (nSPS) is 20.1. The van der Waals surface area contributed by atoms with E-state index in [9.17, 15) is 0 Å². The summed E-state index contributed by atoms with van der Waals surface area (Å²) in [7, 11) is 3.58. The van der Waals surface area contributed by atoms with Crippen LogP contribution in [0.1, 0.15) is 11.3 Å². The van der Waals surface area contributed by atoms with E-state index in [4.69, 9.17) is 15.2 Å². The zero-order valence-corrected chi connectivity index (χ0v) is 12.6. The number of aromatic nitrogens is 2. The van der Waals surface area contributed by atoms with Gasteiger partial charge in [-0.05, 0) is 6.92 Å². The molecule has 1 atom stereocenters. The number of hydrogen-bond acceptors (Lipinski definition) is 5. The minimum atomic E-state index is 0. The van der Waals surface area contributed by atoms with Gasteiger partial charge >= 0.3 is 0 Å². The van der Waals surface area contributed by atoms with Crippen molar-refractivity contribution in [2.24, 2.45) is 12.8 Å². The van der Waals surface area contributed by atoms with Crippen molar-refractivity contribution in [2.45, 2.75) is 19.6 Å². The predicted octanol–water partition coefficient (Wildman–Crippen LogP) is 0.318. The summed E-state index contributed by atoms with van der Waals surface area (Å²) in [4.78, 5) is 2.34. The van der Waals surface area contributed by atoms with E-state index in [0.717, 1.165) is 43.4 Å². The molecule has 1 aromatic heterocycles. The molecule has 2 rings (SSSR count). The van der Waals surface area contributed by atoms with E-state index in [2.05, 4.69) is 10.00 Å². The number of methoxy groups -OCH3 is 1. The van der Waals surface area contributed by atoms with Crippen LogP contribution in [0.25, 0.3) is 0 Å². The van der Waals surface area contributed by atoms with Gasteiger partial charge in [0.1, 0.15) is 0 Å². The van der Waals surface area contributed by atoms with Crippen molar-refractivity contribution in [3.63, 3.8) is 0 Å². The molecule has 0 bridgehead atoms. The van der Waals surface area contributed by atoms with Crippen molar-refractivity contribution >= 4 is 12.4 Å². The lowest BCUT2D eigenvalue weighted by molar-refractivity contribution is -0.0262. The number of halogens is 1. The summed E-state index contributed by atoms with van der Waals surface area (Å²) in [5, 5.41) is 4.40. The van der Waals surface area contributed by atoms with Crippen LogP contribution >= 0.6 is 12.4 Å². The number of rotatable bonds is 4. The number of nitrogens with two attached hydrogens (primary N) is 1. The van der Waals surface area contributed by atoms with E-state index in [0.29, 0.717) is 6.54 Å². The van der Waals surface area contributed by atoms with Gasteiger partial charge in [-0.2, -0.15) is 5.10 Å². The monoisotopic (exact) mass is 290 g/mol. The first-order chi connectivity index (χ1) is 8.65. The largest absolute Gasteiger partial charge is 0.481 e. The molecule has 19 heavy (non-hydrogen) atoms. The summed E-state index contributed by atoms with van der Waals surface area (Å²) in [6, 6.07) is 0. The van der Waals surface area contributed by atoms with Crippen molar-refractivity contribution in [1.29, 1.82) is 0 Å². The molecule has 1 aliphatic heterocycles. The van der Waals surface area contributed by atoms with Crippen LogP contribution in [-0.2, 0) is 18.3 Å². The van der Waals surface area contributed by atoms with E-state index in [1.165, 1.54) is 0 Å². The maximum Gasteiger partial charge on any atom is 0.216 e. The Hall–Kier alpha value is -0.820. The van der Waals surface area contributed by atoms with E-state index in [1.807, 2.05) is 14.0 Å². The van der Waals surface area contributed by atoms with Gasteiger partial charge in [0.05, 0.1) is 31.1 Å². The second-order valence-corrected chi connectivity index (χ2v) is 4.66. The van der Waals surface area contributed by atoms with Crippen LogP contribution in [0.15, 0.2) is 0 Å². The second-order valence-electron chi connectivity index (χ2n) is 4.66. The molecule has 0 aliphatic carbocycles. The SMILES string of the molecule is COc1c(CN2CCOC(CN)C2)c(C)nn1C.Cl. The maximum atomic E-state index is 5.66. The predicted molar refractivity (Wildman–Crippen MR) is 75.8 cm³/mol. The number of morpholine rings is 1. The van der Waals surface area contributed by atoms with Gasteiger partial charge in [-0.3, -0.25) is 4.90 Å². The average molecular weight is 291 g/mol. The van der Waals surface area contributed by atoms with Gasteiger partial charge in [-0.25, -0.2) is 4.68 Å². The molecular formula is C12H23ClN4O2. The van der Waals surface area contributed by atoms with Crippen molar-refractivity contribution in [3.8, 4) is 5.88 Å². The topological polar surface area (TPSA) is 65.5 Å². The molecule has 0 spiro atoms. The zero-order valence-electron chi connectivity index (χ0n) is 11.8. The lowest BCUT2D eigenvalue weighted by Gasteiger charge is -2.32. The van der Waals surface area contributed by atoms with Crippen molar-refractivity contribution in [2.75, 3.05) is 33.4 Å². The van der Waals surface area contributed by atoms with E-state index in [-0.39, 0.29) is 18.5 Å². The molecule has 2 N–H and O–H groups in total. The summed E-state index contributed by atoms with van der Waals surface area (Å²) < 4.78 is 12.8. The number of ether oxygens (including phenoxy) is 2. The van der Waals surface area contributed by atoms with E-state index < -0.39 is 0 Å². The van der Waals surface area contributed by atoms with Crippen LogP contribution in [0.4, 0.5) is 0 Å². The van der Waals surface area contributed by atoms with Gasteiger partial charge in [0.25, 0.3) is 0 Å². The van der Waals surface area contributed by atoms with Crippen molar-refractivity contribution in [3.05, 3.63) is 11.3 Å². The summed E-state index contributed by atoms with van der Waals surface area (Å²) in [5.41, 5.74) is 7.83. The summed E-state index contributed by atoms with van der Waals surface area (Å²) >= 11 is 0.